The SMILES string of the molecule is CNCc1nc(C)ccc1OCc1nc2ccccc2s1. The van der Waals surface area contributed by atoms with E-state index in [0.29, 0.717) is 13.2 Å². The predicted octanol–water partition coefficient (Wildman–Crippen LogP) is 3.30. The van der Waals surface area contributed by atoms with Crippen LogP contribution in [0.25, 0.3) is 10.2 Å². The monoisotopic (exact) mass is 299 g/mol. The second-order valence-electron chi connectivity index (χ2n) is 4.79. The van der Waals surface area contributed by atoms with Crippen LogP contribution in [0.3, 0.4) is 0 Å². The van der Waals surface area contributed by atoms with Crippen molar-refractivity contribution in [3.05, 3.63) is 52.8 Å². The molecule has 0 aliphatic carbocycles. The number of fused-ring (bicyclic) bond motifs is 1. The number of pyridine rings is 1. The highest BCUT2D eigenvalue weighted by atomic mass is 32.1. The number of rotatable bonds is 5. The Morgan fingerprint density at radius 1 is 1.14 bits per heavy atom. The maximum atomic E-state index is 5.91. The van der Waals surface area contributed by atoms with Crippen LogP contribution in [0.15, 0.2) is 36.4 Å². The number of hydrogen-bond acceptors (Lipinski definition) is 5. The maximum absolute atomic E-state index is 5.91. The summed E-state index contributed by atoms with van der Waals surface area (Å²) in [5, 5.41) is 4.09. The number of aryl methyl sites for hydroxylation is 1. The third kappa shape index (κ3) is 3.20. The Balaban J connectivity index is 1.77. The van der Waals surface area contributed by atoms with Crippen LogP contribution >= 0.6 is 11.3 Å². The van der Waals surface area contributed by atoms with E-state index in [1.165, 1.54) is 4.70 Å². The van der Waals surface area contributed by atoms with Gasteiger partial charge in [0.25, 0.3) is 0 Å². The van der Waals surface area contributed by atoms with Gasteiger partial charge in [-0.25, -0.2) is 4.98 Å². The summed E-state index contributed by atoms with van der Waals surface area (Å²) in [5.74, 6) is 0.814. The molecule has 4 nitrogen and oxygen atoms in total. The largest absolute Gasteiger partial charge is 0.484 e. The molecule has 2 heterocycles. The molecular weight excluding hydrogens is 282 g/mol. The van der Waals surface area contributed by atoms with Crippen molar-refractivity contribution in [3.63, 3.8) is 0 Å². The molecule has 1 aromatic carbocycles. The Morgan fingerprint density at radius 2 is 2.00 bits per heavy atom. The van der Waals surface area contributed by atoms with Gasteiger partial charge >= 0.3 is 0 Å². The third-order valence-electron chi connectivity index (χ3n) is 3.11. The molecule has 0 spiro atoms. The Kier molecular flexibility index (Phi) is 4.13. The molecule has 0 radical (unpaired) electrons. The van der Waals surface area contributed by atoms with E-state index in [9.17, 15) is 0 Å². The minimum Gasteiger partial charge on any atom is -0.484 e. The summed E-state index contributed by atoms with van der Waals surface area (Å²) in [6, 6.07) is 12.1. The minimum atomic E-state index is 0.473. The van der Waals surface area contributed by atoms with E-state index in [1.807, 2.05) is 44.3 Å². The molecule has 21 heavy (non-hydrogen) atoms. The summed E-state index contributed by atoms with van der Waals surface area (Å²) in [4.78, 5) is 9.09. The van der Waals surface area contributed by atoms with Gasteiger partial charge in [-0.15, -0.1) is 11.3 Å². The van der Waals surface area contributed by atoms with Crippen molar-refractivity contribution in [1.82, 2.24) is 15.3 Å². The van der Waals surface area contributed by atoms with Crippen molar-refractivity contribution < 1.29 is 4.74 Å². The zero-order valence-corrected chi connectivity index (χ0v) is 12.9. The first kappa shape index (κ1) is 14.0. The molecule has 0 bridgehead atoms. The van der Waals surface area contributed by atoms with E-state index in [0.717, 1.165) is 27.7 Å². The van der Waals surface area contributed by atoms with E-state index in [-0.39, 0.29) is 0 Å². The lowest BCUT2D eigenvalue weighted by Gasteiger charge is -2.10. The van der Waals surface area contributed by atoms with Crippen LogP contribution in [0.2, 0.25) is 0 Å². The highest BCUT2D eigenvalue weighted by Crippen LogP contribution is 2.24. The number of hydrogen-bond donors (Lipinski definition) is 1. The van der Waals surface area contributed by atoms with Crippen molar-refractivity contribution in [2.45, 2.75) is 20.1 Å². The smallest absolute Gasteiger partial charge is 0.142 e. The molecule has 0 atom stereocenters. The maximum Gasteiger partial charge on any atom is 0.142 e. The topological polar surface area (TPSA) is 47.0 Å². The lowest BCUT2D eigenvalue weighted by Crippen LogP contribution is -2.10. The number of nitrogens with one attached hydrogen (secondary N) is 1. The van der Waals surface area contributed by atoms with E-state index >= 15 is 0 Å². The van der Waals surface area contributed by atoms with Gasteiger partial charge in [0.15, 0.2) is 0 Å². The highest BCUT2D eigenvalue weighted by molar-refractivity contribution is 7.18. The van der Waals surface area contributed by atoms with Gasteiger partial charge in [0.2, 0.25) is 0 Å². The molecule has 0 amide bonds. The highest BCUT2D eigenvalue weighted by Gasteiger charge is 2.08. The fourth-order valence-electron chi connectivity index (χ4n) is 2.14. The number of para-hydroxylation sites is 1. The van der Waals surface area contributed by atoms with Crippen LogP contribution in [0, 0.1) is 6.92 Å². The standard InChI is InChI=1S/C16H17N3OS/c1-11-7-8-14(13(18-11)9-17-2)20-10-16-19-12-5-3-4-6-15(12)21-16/h3-8,17H,9-10H2,1-2H3. The number of ether oxygens (including phenoxy) is 1. The molecule has 3 rings (SSSR count). The summed E-state index contributed by atoms with van der Waals surface area (Å²) >= 11 is 1.67. The van der Waals surface area contributed by atoms with E-state index in [2.05, 4.69) is 21.4 Å². The third-order valence-corrected chi connectivity index (χ3v) is 4.12. The molecule has 5 heteroatoms. The molecule has 0 saturated carbocycles. The molecule has 1 N–H and O–H groups in total. The van der Waals surface area contributed by atoms with E-state index in [4.69, 9.17) is 4.74 Å². The summed E-state index contributed by atoms with van der Waals surface area (Å²) < 4.78 is 7.09. The van der Waals surface area contributed by atoms with Crippen molar-refractivity contribution >= 4 is 21.6 Å². The molecule has 2 aromatic heterocycles. The quantitative estimate of drug-likeness (QED) is 0.785. The van der Waals surface area contributed by atoms with Gasteiger partial charge in [0.1, 0.15) is 17.4 Å². The molecule has 0 aliphatic heterocycles. The zero-order valence-electron chi connectivity index (χ0n) is 12.1. The first-order valence-electron chi connectivity index (χ1n) is 6.84. The van der Waals surface area contributed by atoms with E-state index in [1.54, 1.807) is 11.3 Å². The van der Waals surface area contributed by atoms with Gasteiger partial charge < -0.3 is 10.1 Å². The summed E-state index contributed by atoms with van der Waals surface area (Å²) in [5.41, 5.74) is 2.95. The van der Waals surface area contributed by atoms with Crippen LogP contribution in [-0.2, 0) is 13.2 Å². The molecule has 0 unspecified atom stereocenters. The summed E-state index contributed by atoms with van der Waals surface area (Å²) in [7, 11) is 1.90. The first-order chi connectivity index (χ1) is 10.3. The number of nitrogens with zero attached hydrogens (tertiary/aromatic N) is 2. The molecule has 0 aliphatic rings. The molecule has 108 valence electrons. The van der Waals surface area contributed by atoms with Crippen LogP contribution < -0.4 is 10.1 Å². The summed E-state index contributed by atoms with van der Waals surface area (Å²) in [6.07, 6.45) is 0. The molecular formula is C16H17N3OS. The Hall–Kier alpha value is -1.98. The minimum absolute atomic E-state index is 0.473. The van der Waals surface area contributed by atoms with Crippen LogP contribution in [0.5, 0.6) is 5.75 Å². The average molecular weight is 299 g/mol. The normalized spacial score (nSPS) is 11.0. The van der Waals surface area contributed by atoms with Crippen molar-refractivity contribution in [2.24, 2.45) is 0 Å². The van der Waals surface area contributed by atoms with Gasteiger partial charge in [-0.05, 0) is 38.2 Å². The fourth-order valence-corrected chi connectivity index (χ4v) is 3.02. The lowest BCUT2D eigenvalue weighted by molar-refractivity contribution is 0.300. The first-order valence-corrected chi connectivity index (χ1v) is 7.66. The van der Waals surface area contributed by atoms with Crippen molar-refractivity contribution in [1.29, 1.82) is 0 Å². The van der Waals surface area contributed by atoms with Gasteiger partial charge in [0, 0.05) is 12.2 Å². The number of thiazole rings is 1. The molecule has 3 aromatic rings. The lowest BCUT2D eigenvalue weighted by atomic mass is 10.3. The average Bonchev–Trinajstić information content (AvgIpc) is 2.89. The Labute approximate surface area is 127 Å². The zero-order chi connectivity index (χ0) is 14.7. The Bertz CT molecular complexity index is 721. The van der Waals surface area contributed by atoms with Crippen molar-refractivity contribution in [2.75, 3.05) is 7.05 Å². The number of aromatic nitrogens is 2. The van der Waals surface area contributed by atoms with Crippen molar-refractivity contribution in [3.8, 4) is 5.75 Å². The Morgan fingerprint density at radius 3 is 2.81 bits per heavy atom. The second kappa shape index (κ2) is 6.20. The van der Waals surface area contributed by atoms with Gasteiger partial charge in [0.05, 0.1) is 15.9 Å². The second-order valence-corrected chi connectivity index (χ2v) is 5.91. The predicted molar refractivity (Wildman–Crippen MR) is 85.7 cm³/mol. The summed E-state index contributed by atoms with van der Waals surface area (Å²) in [6.45, 7) is 3.15. The van der Waals surface area contributed by atoms with Crippen LogP contribution in [-0.4, -0.2) is 17.0 Å². The fraction of sp³-hybridized carbons (Fsp3) is 0.250. The van der Waals surface area contributed by atoms with E-state index < -0.39 is 0 Å². The molecule has 0 saturated heterocycles. The van der Waals surface area contributed by atoms with Gasteiger partial charge in [-0.1, -0.05) is 12.1 Å². The van der Waals surface area contributed by atoms with Gasteiger partial charge in [-0.3, -0.25) is 4.98 Å². The number of benzene rings is 1. The van der Waals surface area contributed by atoms with Crippen LogP contribution in [0.1, 0.15) is 16.4 Å². The van der Waals surface area contributed by atoms with Gasteiger partial charge in [-0.2, -0.15) is 0 Å². The van der Waals surface area contributed by atoms with Crippen LogP contribution in [0.4, 0.5) is 0 Å². The molecule has 0 fully saturated rings.